The molecule has 0 heterocycles. The van der Waals surface area contributed by atoms with Gasteiger partial charge in [-0.3, -0.25) is 0 Å². The van der Waals surface area contributed by atoms with Crippen molar-refractivity contribution in [3.63, 3.8) is 0 Å². The van der Waals surface area contributed by atoms with Crippen LogP contribution in [0.3, 0.4) is 0 Å². The van der Waals surface area contributed by atoms with Gasteiger partial charge in [-0.05, 0) is 48.9 Å². The van der Waals surface area contributed by atoms with Crippen LogP contribution >= 0.6 is 27.5 Å². The molecule has 5 heteroatoms. The first-order valence-electron chi connectivity index (χ1n) is 5.65. The second kappa shape index (κ2) is 6.08. The third kappa shape index (κ3) is 3.72. The van der Waals surface area contributed by atoms with Crippen molar-refractivity contribution >= 4 is 44.9 Å². The van der Waals surface area contributed by atoms with E-state index in [1.165, 1.54) is 0 Å². The maximum Gasteiger partial charge on any atom is 0.323 e. The topological polar surface area (TPSA) is 41.1 Å². The predicted molar refractivity (Wildman–Crippen MR) is 83.0 cm³/mol. The van der Waals surface area contributed by atoms with E-state index in [9.17, 15) is 4.79 Å². The molecular weight excluding hydrogens is 328 g/mol. The van der Waals surface area contributed by atoms with Crippen molar-refractivity contribution in [2.24, 2.45) is 0 Å². The lowest BCUT2D eigenvalue weighted by Gasteiger charge is -2.10. The van der Waals surface area contributed by atoms with E-state index in [1.54, 1.807) is 12.1 Å². The van der Waals surface area contributed by atoms with Crippen molar-refractivity contribution in [2.45, 2.75) is 6.92 Å². The number of urea groups is 1. The Bertz CT molecular complexity index is 599. The fourth-order valence-electron chi connectivity index (χ4n) is 1.56. The first-order chi connectivity index (χ1) is 9.06. The van der Waals surface area contributed by atoms with Crippen LogP contribution in [0.25, 0.3) is 0 Å². The monoisotopic (exact) mass is 338 g/mol. The summed E-state index contributed by atoms with van der Waals surface area (Å²) < 4.78 is 0.962. The minimum Gasteiger partial charge on any atom is -0.308 e. The van der Waals surface area contributed by atoms with Crippen LogP contribution in [0.15, 0.2) is 46.9 Å². The molecule has 0 atom stereocenters. The Labute approximate surface area is 125 Å². The molecule has 0 fully saturated rings. The van der Waals surface area contributed by atoms with Gasteiger partial charge in [-0.15, -0.1) is 0 Å². The molecule has 2 rings (SSSR count). The van der Waals surface area contributed by atoms with Gasteiger partial charge in [0.1, 0.15) is 0 Å². The van der Waals surface area contributed by atoms with Gasteiger partial charge in [0, 0.05) is 20.9 Å². The number of carbonyl (C=O) groups excluding carboxylic acids is 1. The van der Waals surface area contributed by atoms with Gasteiger partial charge in [0.2, 0.25) is 0 Å². The summed E-state index contributed by atoms with van der Waals surface area (Å²) in [5.41, 5.74) is 2.26. The minimum atomic E-state index is -0.298. The van der Waals surface area contributed by atoms with Crippen molar-refractivity contribution in [3.05, 3.63) is 57.5 Å². The maximum atomic E-state index is 11.9. The number of rotatable bonds is 2. The highest BCUT2D eigenvalue weighted by atomic mass is 79.9. The Balaban J connectivity index is 2.05. The molecule has 0 radical (unpaired) electrons. The third-order valence-corrected chi connectivity index (χ3v) is 3.56. The lowest BCUT2D eigenvalue weighted by molar-refractivity contribution is 0.262. The summed E-state index contributed by atoms with van der Waals surface area (Å²) in [7, 11) is 0. The van der Waals surface area contributed by atoms with Crippen LogP contribution in [0.4, 0.5) is 16.2 Å². The number of hydrogen-bond donors (Lipinski definition) is 2. The Hall–Kier alpha value is -1.52. The van der Waals surface area contributed by atoms with E-state index >= 15 is 0 Å². The highest BCUT2D eigenvalue weighted by molar-refractivity contribution is 9.10. The highest BCUT2D eigenvalue weighted by Crippen LogP contribution is 2.23. The molecule has 0 bridgehead atoms. The molecule has 2 aromatic carbocycles. The summed E-state index contributed by atoms with van der Waals surface area (Å²) in [4.78, 5) is 11.9. The second-order valence-corrected chi connectivity index (χ2v) is 5.32. The Kier molecular flexibility index (Phi) is 4.45. The average Bonchev–Trinajstić information content (AvgIpc) is 2.38. The maximum absolute atomic E-state index is 11.9. The van der Waals surface area contributed by atoms with E-state index in [2.05, 4.69) is 26.6 Å². The summed E-state index contributed by atoms with van der Waals surface area (Å²) in [6, 6.07) is 12.4. The van der Waals surface area contributed by atoms with Gasteiger partial charge >= 0.3 is 6.03 Å². The summed E-state index contributed by atoms with van der Waals surface area (Å²) in [5.74, 6) is 0. The first-order valence-corrected chi connectivity index (χ1v) is 6.82. The van der Waals surface area contributed by atoms with Crippen molar-refractivity contribution in [1.29, 1.82) is 0 Å². The molecule has 2 aromatic rings. The molecule has 0 aliphatic carbocycles. The van der Waals surface area contributed by atoms with E-state index in [1.807, 2.05) is 37.3 Å². The summed E-state index contributed by atoms with van der Waals surface area (Å²) >= 11 is 9.34. The quantitative estimate of drug-likeness (QED) is 0.789. The van der Waals surface area contributed by atoms with Gasteiger partial charge in [0.15, 0.2) is 0 Å². The molecule has 0 saturated carbocycles. The smallest absolute Gasteiger partial charge is 0.308 e. The minimum absolute atomic E-state index is 0.298. The van der Waals surface area contributed by atoms with Crippen molar-refractivity contribution in [1.82, 2.24) is 0 Å². The molecule has 0 spiro atoms. The van der Waals surface area contributed by atoms with E-state index in [-0.39, 0.29) is 6.03 Å². The van der Waals surface area contributed by atoms with Crippen molar-refractivity contribution in [3.8, 4) is 0 Å². The van der Waals surface area contributed by atoms with Crippen LogP contribution in [-0.4, -0.2) is 6.03 Å². The molecule has 19 heavy (non-hydrogen) atoms. The Morgan fingerprint density at radius 2 is 1.79 bits per heavy atom. The van der Waals surface area contributed by atoms with Crippen LogP contribution in [0.1, 0.15) is 5.56 Å². The molecule has 0 aromatic heterocycles. The zero-order valence-corrected chi connectivity index (χ0v) is 12.5. The highest BCUT2D eigenvalue weighted by Gasteiger charge is 2.06. The molecule has 2 N–H and O–H groups in total. The number of hydrogen-bond acceptors (Lipinski definition) is 1. The number of anilines is 2. The van der Waals surface area contributed by atoms with Gasteiger partial charge in [0.25, 0.3) is 0 Å². The van der Waals surface area contributed by atoms with Crippen LogP contribution in [0.2, 0.25) is 5.02 Å². The third-order valence-electron chi connectivity index (χ3n) is 2.62. The standard InChI is InChI=1S/C14H12BrClN2O/c1-9-12(16)3-2-4-13(9)18-14(19)17-11-7-5-10(15)6-8-11/h2-8H,1H3,(H2,17,18,19). The Morgan fingerprint density at radius 3 is 2.47 bits per heavy atom. The van der Waals surface area contributed by atoms with Crippen molar-refractivity contribution in [2.75, 3.05) is 10.6 Å². The largest absolute Gasteiger partial charge is 0.323 e. The zero-order valence-electron chi connectivity index (χ0n) is 10.2. The van der Waals surface area contributed by atoms with Crippen LogP contribution in [0, 0.1) is 6.92 Å². The lowest BCUT2D eigenvalue weighted by Crippen LogP contribution is -2.19. The SMILES string of the molecule is Cc1c(Cl)cccc1NC(=O)Nc1ccc(Br)cc1. The van der Waals surface area contributed by atoms with Gasteiger partial charge in [0.05, 0.1) is 0 Å². The fourth-order valence-corrected chi connectivity index (χ4v) is 2.00. The molecule has 0 aliphatic heterocycles. The molecule has 0 aliphatic rings. The summed E-state index contributed by atoms with van der Waals surface area (Å²) in [6.07, 6.45) is 0. The predicted octanol–water partition coefficient (Wildman–Crippen LogP) is 5.05. The normalized spacial score (nSPS) is 10.1. The number of halogens is 2. The fraction of sp³-hybridized carbons (Fsp3) is 0.0714. The van der Waals surface area contributed by atoms with Gasteiger partial charge in [-0.2, -0.15) is 0 Å². The number of benzene rings is 2. The first kappa shape index (κ1) is 13.9. The van der Waals surface area contributed by atoms with Gasteiger partial charge in [-0.25, -0.2) is 4.79 Å². The molecule has 3 nitrogen and oxygen atoms in total. The van der Waals surface area contributed by atoms with Gasteiger partial charge < -0.3 is 10.6 Å². The van der Waals surface area contributed by atoms with E-state index in [0.717, 1.165) is 15.7 Å². The average molecular weight is 340 g/mol. The van der Waals surface area contributed by atoms with E-state index in [0.29, 0.717) is 10.7 Å². The number of amides is 2. The molecule has 0 unspecified atom stereocenters. The van der Waals surface area contributed by atoms with Gasteiger partial charge in [-0.1, -0.05) is 33.6 Å². The number of carbonyl (C=O) groups is 1. The molecule has 2 amide bonds. The molecule has 0 saturated heterocycles. The molecule has 98 valence electrons. The lowest BCUT2D eigenvalue weighted by atomic mass is 10.2. The van der Waals surface area contributed by atoms with Crippen LogP contribution in [-0.2, 0) is 0 Å². The van der Waals surface area contributed by atoms with Crippen LogP contribution in [0.5, 0.6) is 0 Å². The van der Waals surface area contributed by atoms with Crippen molar-refractivity contribution < 1.29 is 4.79 Å². The molecular formula is C14H12BrClN2O. The van der Waals surface area contributed by atoms with E-state index < -0.39 is 0 Å². The summed E-state index contributed by atoms with van der Waals surface area (Å²) in [5, 5.41) is 6.14. The summed E-state index contributed by atoms with van der Waals surface area (Å²) in [6.45, 7) is 1.86. The zero-order chi connectivity index (χ0) is 13.8. The second-order valence-electron chi connectivity index (χ2n) is 4.00. The van der Waals surface area contributed by atoms with Crippen LogP contribution < -0.4 is 10.6 Å². The number of nitrogens with one attached hydrogen (secondary N) is 2. The van der Waals surface area contributed by atoms with E-state index in [4.69, 9.17) is 11.6 Å². The Morgan fingerprint density at radius 1 is 1.11 bits per heavy atom.